The number of aromatic nitrogens is 1. The summed E-state index contributed by atoms with van der Waals surface area (Å²) in [5.41, 5.74) is 1.54. The van der Waals surface area contributed by atoms with Gasteiger partial charge < -0.3 is 4.98 Å². The molecule has 2 aromatic rings. The topological polar surface area (TPSA) is 32.9 Å². The van der Waals surface area contributed by atoms with Gasteiger partial charge in [-0.2, -0.15) is 0 Å². The van der Waals surface area contributed by atoms with Crippen molar-refractivity contribution in [1.29, 1.82) is 0 Å². The van der Waals surface area contributed by atoms with E-state index in [1.807, 2.05) is 30.3 Å². The van der Waals surface area contributed by atoms with Crippen LogP contribution in [-0.4, -0.2) is 4.98 Å². The molecule has 0 aliphatic heterocycles. The number of hydrogen-bond donors (Lipinski definition) is 1. The van der Waals surface area contributed by atoms with Crippen molar-refractivity contribution < 1.29 is 0 Å². The van der Waals surface area contributed by atoms with Crippen molar-refractivity contribution in [2.24, 2.45) is 0 Å². The van der Waals surface area contributed by atoms with Gasteiger partial charge in [0.2, 0.25) is 0 Å². The van der Waals surface area contributed by atoms with Crippen molar-refractivity contribution in [2.45, 2.75) is 0 Å². The Morgan fingerprint density at radius 2 is 2.00 bits per heavy atom. The van der Waals surface area contributed by atoms with Crippen LogP contribution in [0.4, 0.5) is 0 Å². The second kappa shape index (κ2) is 3.80. The lowest BCUT2D eigenvalue weighted by atomic mass is 10.1. The van der Waals surface area contributed by atoms with E-state index < -0.39 is 0 Å². The van der Waals surface area contributed by atoms with Gasteiger partial charge >= 0.3 is 0 Å². The molecule has 0 atom stereocenters. The van der Waals surface area contributed by atoms with Crippen LogP contribution in [0.25, 0.3) is 11.1 Å². The Labute approximate surface area is 89.7 Å². The highest BCUT2D eigenvalue weighted by Crippen LogP contribution is 2.19. The minimum atomic E-state index is -0.0643. The fourth-order valence-electron chi connectivity index (χ4n) is 1.30. The van der Waals surface area contributed by atoms with Crippen LogP contribution in [0, 0.1) is 0 Å². The number of aromatic amines is 1. The number of nitrogens with one attached hydrogen (secondary N) is 1. The summed E-state index contributed by atoms with van der Waals surface area (Å²) in [6.07, 6.45) is 1.63. The summed E-state index contributed by atoms with van der Waals surface area (Å²) < 4.78 is 0.971. The number of benzene rings is 1. The SMILES string of the molecule is O=c1[nH]cccc1-c1cccc(Br)c1. The molecule has 1 heterocycles. The van der Waals surface area contributed by atoms with Crippen molar-refractivity contribution in [1.82, 2.24) is 4.98 Å². The van der Waals surface area contributed by atoms with Gasteiger partial charge in [0.05, 0.1) is 0 Å². The van der Waals surface area contributed by atoms with E-state index in [0.717, 1.165) is 10.0 Å². The summed E-state index contributed by atoms with van der Waals surface area (Å²) >= 11 is 3.37. The lowest BCUT2D eigenvalue weighted by Crippen LogP contribution is -2.06. The van der Waals surface area contributed by atoms with E-state index in [0.29, 0.717) is 5.56 Å². The van der Waals surface area contributed by atoms with E-state index in [2.05, 4.69) is 20.9 Å². The second-order valence-corrected chi connectivity index (χ2v) is 3.84. The zero-order chi connectivity index (χ0) is 9.97. The fraction of sp³-hybridized carbons (Fsp3) is 0. The van der Waals surface area contributed by atoms with Crippen molar-refractivity contribution >= 4 is 15.9 Å². The van der Waals surface area contributed by atoms with Crippen LogP contribution in [0.5, 0.6) is 0 Å². The molecule has 0 saturated carbocycles. The van der Waals surface area contributed by atoms with Gasteiger partial charge in [0, 0.05) is 16.2 Å². The van der Waals surface area contributed by atoms with Crippen molar-refractivity contribution in [3.8, 4) is 11.1 Å². The molecule has 0 unspecified atom stereocenters. The van der Waals surface area contributed by atoms with E-state index in [1.54, 1.807) is 12.3 Å². The molecule has 0 bridgehead atoms. The number of rotatable bonds is 1. The maximum absolute atomic E-state index is 11.5. The molecular weight excluding hydrogens is 242 g/mol. The van der Waals surface area contributed by atoms with Gasteiger partial charge in [0.1, 0.15) is 0 Å². The summed E-state index contributed by atoms with van der Waals surface area (Å²) in [6, 6.07) is 11.3. The molecule has 0 radical (unpaired) electrons. The maximum Gasteiger partial charge on any atom is 0.255 e. The Bertz CT molecular complexity index is 504. The molecule has 0 aliphatic carbocycles. The average molecular weight is 250 g/mol. The Kier molecular flexibility index (Phi) is 2.50. The molecule has 1 aromatic heterocycles. The predicted octanol–water partition coefficient (Wildman–Crippen LogP) is 2.80. The highest BCUT2D eigenvalue weighted by Gasteiger charge is 2.01. The molecular formula is C11H8BrNO. The summed E-state index contributed by atoms with van der Waals surface area (Å²) in [7, 11) is 0. The molecule has 1 aromatic carbocycles. The van der Waals surface area contributed by atoms with Gasteiger partial charge in [0.15, 0.2) is 0 Å². The molecule has 14 heavy (non-hydrogen) atoms. The van der Waals surface area contributed by atoms with E-state index in [1.165, 1.54) is 0 Å². The van der Waals surface area contributed by atoms with Gasteiger partial charge in [-0.15, -0.1) is 0 Å². The van der Waals surface area contributed by atoms with Crippen molar-refractivity contribution in [3.63, 3.8) is 0 Å². The molecule has 0 spiro atoms. The third-order valence-electron chi connectivity index (χ3n) is 1.95. The van der Waals surface area contributed by atoms with Gasteiger partial charge in [0.25, 0.3) is 5.56 Å². The number of H-pyrrole nitrogens is 1. The Morgan fingerprint density at radius 1 is 1.14 bits per heavy atom. The van der Waals surface area contributed by atoms with Gasteiger partial charge in [-0.25, -0.2) is 0 Å². The number of pyridine rings is 1. The monoisotopic (exact) mass is 249 g/mol. The molecule has 3 heteroatoms. The fourth-order valence-corrected chi connectivity index (χ4v) is 1.70. The predicted molar refractivity (Wildman–Crippen MR) is 60.2 cm³/mol. The highest BCUT2D eigenvalue weighted by molar-refractivity contribution is 9.10. The summed E-state index contributed by atoms with van der Waals surface area (Å²) in [5.74, 6) is 0. The Morgan fingerprint density at radius 3 is 2.71 bits per heavy atom. The van der Waals surface area contributed by atoms with Crippen molar-refractivity contribution in [3.05, 3.63) is 57.4 Å². The van der Waals surface area contributed by atoms with Crippen LogP contribution in [0.3, 0.4) is 0 Å². The minimum absolute atomic E-state index is 0.0643. The van der Waals surface area contributed by atoms with Crippen LogP contribution in [0.15, 0.2) is 51.9 Å². The third kappa shape index (κ3) is 1.77. The number of hydrogen-bond acceptors (Lipinski definition) is 1. The lowest BCUT2D eigenvalue weighted by Gasteiger charge is -1.99. The van der Waals surface area contributed by atoms with E-state index in [-0.39, 0.29) is 5.56 Å². The second-order valence-electron chi connectivity index (χ2n) is 2.92. The molecule has 1 N–H and O–H groups in total. The normalized spacial score (nSPS) is 10.1. The first-order valence-electron chi connectivity index (χ1n) is 4.21. The van der Waals surface area contributed by atoms with E-state index in [9.17, 15) is 4.79 Å². The molecule has 70 valence electrons. The quantitative estimate of drug-likeness (QED) is 0.829. The average Bonchev–Trinajstić information content (AvgIpc) is 2.18. The van der Waals surface area contributed by atoms with E-state index in [4.69, 9.17) is 0 Å². The number of halogens is 1. The van der Waals surface area contributed by atoms with Crippen molar-refractivity contribution in [2.75, 3.05) is 0 Å². The first kappa shape index (κ1) is 9.21. The third-order valence-corrected chi connectivity index (χ3v) is 2.45. The molecule has 0 fully saturated rings. The zero-order valence-corrected chi connectivity index (χ0v) is 8.91. The first-order valence-corrected chi connectivity index (χ1v) is 5.00. The molecule has 2 rings (SSSR count). The standard InChI is InChI=1S/C11H8BrNO/c12-9-4-1-3-8(7-9)10-5-2-6-13-11(10)14/h1-7H,(H,13,14). The summed E-state index contributed by atoms with van der Waals surface area (Å²) in [6.45, 7) is 0. The maximum atomic E-state index is 11.5. The molecule has 0 saturated heterocycles. The van der Waals surface area contributed by atoms with Crippen LogP contribution in [0.1, 0.15) is 0 Å². The smallest absolute Gasteiger partial charge is 0.255 e. The molecule has 0 amide bonds. The Hall–Kier alpha value is -1.35. The summed E-state index contributed by atoms with van der Waals surface area (Å²) in [5, 5.41) is 0. The largest absolute Gasteiger partial charge is 0.329 e. The first-order chi connectivity index (χ1) is 6.77. The lowest BCUT2D eigenvalue weighted by molar-refractivity contribution is 1.24. The molecule has 2 nitrogen and oxygen atoms in total. The van der Waals surface area contributed by atoms with Crippen LogP contribution >= 0.6 is 15.9 Å². The van der Waals surface area contributed by atoms with Gasteiger partial charge in [-0.3, -0.25) is 4.79 Å². The minimum Gasteiger partial charge on any atom is -0.329 e. The highest BCUT2D eigenvalue weighted by atomic mass is 79.9. The van der Waals surface area contributed by atoms with Crippen LogP contribution in [0.2, 0.25) is 0 Å². The van der Waals surface area contributed by atoms with Gasteiger partial charge in [-0.1, -0.05) is 28.1 Å². The van der Waals surface area contributed by atoms with Crippen LogP contribution < -0.4 is 5.56 Å². The van der Waals surface area contributed by atoms with Crippen LogP contribution in [-0.2, 0) is 0 Å². The zero-order valence-electron chi connectivity index (χ0n) is 7.33. The molecule has 0 aliphatic rings. The van der Waals surface area contributed by atoms with E-state index >= 15 is 0 Å². The Balaban J connectivity index is 2.61. The van der Waals surface area contributed by atoms with Gasteiger partial charge in [-0.05, 0) is 29.8 Å². The summed E-state index contributed by atoms with van der Waals surface area (Å²) in [4.78, 5) is 14.1.